The summed E-state index contributed by atoms with van der Waals surface area (Å²) in [5.41, 5.74) is 0.669. The van der Waals surface area contributed by atoms with Crippen molar-refractivity contribution in [1.29, 1.82) is 0 Å². The Morgan fingerprint density at radius 2 is 1.81 bits per heavy atom. The van der Waals surface area contributed by atoms with Crippen LogP contribution in [0, 0.1) is 11.6 Å². The van der Waals surface area contributed by atoms with Gasteiger partial charge in [0.2, 0.25) is 10.0 Å². The summed E-state index contributed by atoms with van der Waals surface area (Å²) in [5, 5.41) is 0.446. The van der Waals surface area contributed by atoms with E-state index >= 15 is 0 Å². The number of fused-ring (bicyclic) bond motifs is 1. The topological polar surface area (TPSA) is 59.5 Å². The third-order valence-corrected chi connectivity index (χ3v) is 7.24. The number of aromatic nitrogens is 1. The molecule has 2 aromatic carbocycles. The Bertz CT molecular complexity index is 1080. The van der Waals surface area contributed by atoms with Crippen molar-refractivity contribution in [1.82, 2.24) is 9.29 Å². The lowest BCUT2D eigenvalue weighted by Gasteiger charge is -2.30. The molecule has 0 radical (unpaired) electrons. The van der Waals surface area contributed by atoms with E-state index in [1.165, 1.54) is 46.0 Å². The predicted molar refractivity (Wildman–Crippen MR) is 98.4 cm³/mol. The fraction of sp³-hybridized carbons (Fsp3) is 0.278. The van der Waals surface area contributed by atoms with E-state index in [0.717, 1.165) is 6.07 Å². The summed E-state index contributed by atoms with van der Waals surface area (Å²) in [5.74, 6) is -0.907. The van der Waals surface area contributed by atoms with E-state index in [1.54, 1.807) is 6.07 Å². The summed E-state index contributed by atoms with van der Waals surface area (Å²) < 4.78 is 59.8. The molecule has 27 heavy (non-hydrogen) atoms. The summed E-state index contributed by atoms with van der Waals surface area (Å²) in [7, 11) is -3.72. The Hall–Kier alpha value is -2.10. The third kappa shape index (κ3) is 3.80. The average Bonchev–Trinajstić information content (AvgIpc) is 3.03. The number of piperidine rings is 1. The Labute approximate surface area is 159 Å². The molecule has 0 bridgehead atoms. The second kappa shape index (κ2) is 7.14. The van der Waals surface area contributed by atoms with Gasteiger partial charge < -0.3 is 4.74 Å². The fourth-order valence-electron chi connectivity index (χ4n) is 3.04. The Kier molecular flexibility index (Phi) is 4.83. The molecule has 1 fully saturated rings. The van der Waals surface area contributed by atoms with Crippen LogP contribution in [0.2, 0.25) is 0 Å². The normalized spacial score (nSPS) is 16.7. The summed E-state index contributed by atoms with van der Waals surface area (Å²) in [6.07, 6.45) is 0.826. The van der Waals surface area contributed by atoms with Crippen molar-refractivity contribution >= 4 is 31.6 Å². The average molecular weight is 410 g/mol. The highest BCUT2D eigenvalue weighted by atomic mass is 32.2. The molecule has 4 rings (SSSR count). The molecule has 1 aliphatic rings. The monoisotopic (exact) mass is 410 g/mol. The lowest BCUT2D eigenvalue weighted by Crippen LogP contribution is -2.41. The molecule has 0 amide bonds. The van der Waals surface area contributed by atoms with Crippen molar-refractivity contribution in [3.63, 3.8) is 0 Å². The second-order valence-corrected chi connectivity index (χ2v) is 9.20. The lowest BCUT2D eigenvalue weighted by atomic mass is 10.1. The zero-order valence-corrected chi connectivity index (χ0v) is 15.8. The number of benzene rings is 2. The van der Waals surface area contributed by atoms with Crippen molar-refractivity contribution < 1.29 is 21.9 Å². The summed E-state index contributed by atoms with van der Waals surface area (Å²) >= 11 is 1.26. The van der Waals surface area contributed by atoms with Crippen LogP contribution in [0.5, 0.6) is 5.19 Å². The first kappa shape index (κ1) is 18.3. The lowest BCUT2D eigenvalue weighted by molar-refractivity contribution is 0.135. The van der Waals surface area contributed by atoms with E-state index in [1.807, 2.05) is 0 Å². The maximum atomic E-state index is 13.3. The predicted octanol–water partition coefficient (Wildman–Crippen LogP) is 3.81. The molecule has 5 nitrogen and oxygen atoms in total. The number of halogens is 2. The molecule has 9 heteroatoms. The molecule has 2 heterocycles. The van der Waals surface area contributed by atoms with E-state index in [2.05, 4.69) is 4.98 Å². The number of hydrogen-bond donors (Lipinski definition) is 0. The second-order valence-electron chi connectivity index (χ2n) is 6.27. The maximum Gasteiger partial charge on any atom is 0.274 e. The van der Waals surface area contributed by atoms with Crippen molar-refractivity contribution in [3.05, 3.63) is 54.1 Å². The zero-order valence-electron chi connectivity index (χ0n) is 14.1. The molecule has 0 atom stereocenters. The van der Waals surface area contributed by atoms with Crippen LogP contribution in [0.15, 0.2) is 47.4 Å². The highest BCUT2D eigenvalue weighted by Gasteiger charge is 2.30. The van der Waals surface area contributed by atoms with Crippen molar-refractivity contribution in [3.8, 4) is 5.19 Å². The van der Waals surface area contributed by atoms with Crippen LogP contribution in [-0.4, -0.2) is 36.9 Å². The molecule has 142 valence electrons. The van der Waals surface area contributed by atoms with Gasteiger partial charge in [0.15, 0.2) is 0 Å². The van der Waals surface area contributed by atoms with Gasteiger partial charge in [0.1, 0.15) is 17.7 Å². The molecule has 0 N–H and O–H groups in total. The van der Waals surface area contributed by atoms with E-state index in [-0.39, 0.29) is 29.9 Å². The van der Waals surface area contributed by atoms with Gasteiger partial charge in [-0.2, -0.15) is 4.31 Å². The summed E-state index contributed by atoms with van der Waals surface area (Å²) in [4.78, 5) is 4.28. The number of sulfonamides is 1. The van der Waals surface area contributed by atoms with Gasteiger partial charge in [0, 0.05) is 13.1 Å². The maximum absolute atomic E-state index is 13.3. The quantitative estimate of drug-likeness (QED) is 0.656. The van der Waals surface area contributed by atoms with Gasteiger partial charge in [0.25, 0.3) is 5.19 Å². The van der Waals surface area contributed by atoms with Crippen LogP contribution in [0.1, 0.15) is 12.8 Å². The summed E-state index contributed by atoms with van der Waals surface area (Å²) in [6.45, 7) is 0.562. The first-order chi connectivity index (χ1) is 12.9. The van der Waals surface area contributed by atoms with Crippen molar-refractivity contribution in [2.45, 2.75) is 23.8 Å². The Morgan fingerprint density at radius 3 is 2.56 bits per heavy atom. The van der Waals surface area contributed by atoms with Gasteiger partial charge in [-0.25, -0.2) is 22.2 Å². The van der Waals surface area contributed by atoms with Crippen molar-refractivity contribution in [2.75, 3.05) is 13.1 Å². The van der Waals surface area contributed by atoms with Crippen LogP contribution in [-0.2, 0) is 10.0 Å². The van der Waals surface area contributed by atoms with E-state index in [4.69, 9.17) is 4.74 Å². The number of nitrogens with zero attached hydrogens (tertiary/aromatic N) is 2. The number of thiazole rings is 1. The Morgan fingerprint density at radius 1 is 1.07 bits per heavy atom. The molecular formula is C18H16F2N2O3S2. The van der Waals surface area contributed by atoms with Gasteiger partial charge in [-0.15, -0.1) is 0 Å². The molecular weight excluding hydrogens is 394 g/mol. The molecule has 1 aliphatic heterocycles. The minimum absolute atomic E-state index is 0.0462. The molecule has 3 aromatic rings. The largest absolute Gasteiger partial charge is 0.467 e. The van der Waals surface area contributed by atoms with E-state index in [0.29, 0.717) is 28.3 Å². The van der Waals surface area contributed by atoms with E-state index < -0.39 is 15.8 Å². The summed E-state index contributed by atoms with van der Waals surface area (Å²) in [6, 6.07) is 9.37. The first-order valence-corrected chi connectivity index (χ1v) is 10.7. The molecule has 0 saturated carbocycles. The van der Waals surface area contributed by atoms with E-state index in [9.17, 15) is 17.2 Å². The Balaban J connectivity index is 1.42. The van der Waals surface area contributed by atoms with Crippen LogP contribution in [0.25, 0.3) is 10.2 Å². The smallest absolute Gasteiger partial charge is 0.274 e. The molecule has 0 aliphatic carbocycles. The van der Waals surface area contributed by atoms with Crippen LogP contribution in [0.4, 0.5) is 8.78 Å². The SMILES string of the molecule is O=S(=O)(c1cccc(F)c1)N1CCC(Oc2nc3ccc(F)cc3s2)CC1. The van der Waals surface area contributed by atoms with Crippen molar-refractivity contribution in [2.24, 2.45) is 0 Å². The van der Waals surface area contributed by atoms with Gasteiger partial charge >= 0.3 is 0 Å². The number of rotatable bonds is 4. The van der Waals surface area contributed by atoms with Gasteiger partial charge in [-0.1, -0.05) is 17.4 Å². The van der Waals surface area contributed by atoms with Gasteiger partial charge in [-0.3, -0.25) is 0 Å². The fourth-order valence-corrected chi connectivity index (χ4v) is 5.44. The molecule has 0 spiro atoms. The highest BCUT2D eigenvalue weighted by Crippen LogP contribution is 2.31. The molecule has 1 aromatic heterocycles. The minimum atomic E-state index is -3.72. The number of hydrogen-bond acceptors (Lipinski definition) is 5. The van der Waals surface area contributed by atoms with Crippen LogP contribution < -0.4 is 4.74 Å². The van der Waals surface area contributed by atoms with Crippen LogP contribution in [0.3, 0.4) is 0 Å². The van der Waals surface area contributed by atoms with Gasteiger partial charge in [0.05, 0.1) is 15.1 Å². The highest BCUT2D eigenvalue weighted by molar-refractivity contribution is 7.89. The molecule has 0 unspecified atom stereocenters. The zero-order chi connectivity index (χ0) is 19.0. The standard InChI is InChI=1S/C18H16F2N2O3S2/c19-12-2-1-3-15(10-12)27(23,24)22-8-6-14(7-9-22)25-18-21-16-5-4-13(20)11-17(16)26-18/h1-5,10-11,14H,6-9H2. The van der Waals surface area contributed by atoms with Crippen LogP contribution >= 0.6 is 11.3 Å². The van der Waals surface area contributed by atoms with Gasteiger partial charge in [-0.05, 0) is 49.2 Å². The third-order valence-electron chi connectivity index (χ3n) is 4.43. The number of ether oxygens (including phenoxy) is 1. The molecule has 1 saturated heterocycles. The first-order valence-electron chi connectivity index (χ1n) is 8.40. The minimum Gasteiger partial charge on any atom is -0.467 e.